The summed E-state index contributed by atoms with van der Waals surface area (Å²) in [6.45, 7) is 3.61. The summed E-state index contributed by atoms with van der Waals surface area (Å²) in [5, 5.41) is 6.67. The number of rotatable bonds is 9. The molecule has 0 saturated heterocycles. The second-order valence-corrected chi connectivity index (χ2v) is 8.16. The van der Waals surface area contributed by atoms with Crippen LogP contribution in [0.3, 0.4) is 0 Å². The van der Waals surface area contributed by atoms with Crippen molar-refractivity contribution in [2.45, 2.75) is 64.5 Å². The molecule has 166 valence electrons. The highest BCUT2D eigenvalue weighted by Crippen LogP contribution is 2.27. The SMILES string of the molecule is CCCC[C@H](NC(=O)c1cc(OC)c2ccccc2n1)C(=O)N[C@H]1CCC[C@H]1C(C)=O. The maximum atomic E-state index is 13.0. The Hall–Kier alpha value is -2.96. The van der Waals surface area contributed by atoms with Gasteiger partial charge in [-0.1, -0.05) is 38.3 Å². The zero-order valence-corrected chi connectivity index (χ0v) is 18.4. The Kier molecular flexibility index (Phi) is 7.60. The fraction of sp³-hybridized carbons (Fsp3) is 0.500. The molecule has 2 amide bonds. The molecule has 0 bridgehead atoms. The maximum Gasteiger partial charge on any atom is 0.270 e. The van der Waals surface area contributed by atoms with Gasteiger partial charge in [-0.2, -0.15) is 0 Å². The first-order valence-electron chi connectivity index (χ1n) is 11.0. The number of aromatic nitrogens is 1. The number of nitrogens with zero attached hydrogens (tertiary/aromatic N) is 1. The quantitative estimate of drug-likeness (QED) is 0.642. The molecule has 0 aliphatic heterocycles. The molecule has 1 fully saturated rings. The Morgan fingerprint density at radius 3 is 2.71 bits per heavy atom. The number of nitrogens with one attached hydrogen (secondary N) is 2. The lowest BCUT2D eigenvalue weighted by Crippen LogP contribution is -2.51. The molecule has 0 unspecified atom stereocenters. The van der Waals surface area contributed by atoms with Gasteiger partial charge in [-0.3, -0.25) is 14.4 Å². The summed E-state index contributed by atoms with van der Waals surface area (Å²) in [5.41, 5.74) is 0.851. The van der Waals surface area contributed by atoms with Crippen molar-refractivity contribution in [3.63, 3.8) is 0 Å². The van der Waals surface area contributed by atoms with Crippen LogP contribution in [0, 0.1) is 5.92 Å². The number of carbonyl (C=O) groups is 3. The predicted molar refractivity (Wildman–Crippen MR) is 119 cm³/mol. The van der Waals surface area contributed by atoms with Gasteiger partial charge in [-0.05, 0) is 38.3 Å². The van der Waals surface area contributed by atoms with Crippen LogP contribution in [-0.2, 0) is 9.59 Å². The number of hydrogen-bond donors (Lipinski definition) is 2. The number of ketones is 1. The fourth-order valence-electron chi connectivity index (χ4n) is 4.24. The van der Waals surface area contributed by atoms with Crippen molar-refractivity contribution < 1.29 is 19.1 Å². The van der Waals surface area contributed by atoms with E-state index in [2.05, 4.69) is 15.6 Å². The summed E-state index contributed by atoms with van der Waals surface area (Å²) in [7, 11) is 1.55. The van der Waals surface area contributed by atoms with Crippen molar-refractivity contribution in [2.24, 2.45) is 5.92 Å². The number of pyridine rings is 1. The zero-order chi connectivity index (χ0) is 22.4. The molecular formula is C24H31N3O4. The topological polar surface area (TPSA) is 97.4 Å². The second-order valence-electron chi connectivity index (χ2n) is 8.16. The van der Waals surface area contributed by atoms with Gasteiger partial charge in [0.25, 0.3) is 5.91 Å². The molecule has 1 aliphatic carbocycles. The molecule has 31 heavy (non-hydrogen) atoms. The molecule has 7 nitrogen and oxygen atoms in total. The number of carbonyl (C=O) groups excluding carboxylic acids is 3. The summed E-state index contributed by atoms with van der Waals surface area (Å²) in [6, 6.07) is 8.18. The first-order valence-corrected chi connectivity index (χ1v) is 11.0. The lowest BCUT2D eigenvalue weighted by Gasteiger charge is -2.23. The summed E-state index contributed by atoms with van der Waals surface area (Å²) in [4.78, 5) is 42.3. The van der Waals surface area contributed by atoms with E-state index in [1.165, 1.54) is 0 Å². The van der Waals surface area contributed by atoms with E-state index < -0.39 is 11.9 Å². The minimum atomic E-state index is -0.681. The third-order valence-corrected chi connectivity index (χ3v) is 5.96. The lowest BCUT2D eigenvalue weighted by molar-refractivity contribution is -0.125. The van der Waals surface area contributed by atoms with Crippen LogP contribution in [0.4, 0.5) is 0 Å². The van der Waals surface area contributed by atoms with Crippen LogP contribution in [-0.4, -0.2) is 41.8 Å². The van der Waals surface area contributed by atoms with Gasteiger partial charge in [0.15, 0.2) is 0 Å². The molecule has 3 atom stereocenters. The number of benzene rings is 1. The number of fused-ring (bicyclic) bond motifs is 1. The molecule has 1 aromatic carbocycles. The van der Waals surface area contributed by atoms with Crippen molar-refractivity contribution in [2.75, 3.05) is 7.11 Å². The van der Waals surface area contributed by atoms with Crippen LogP contribution in [0.25, 0.3) is 10.9 Å². The standard InChI is InChI=1S/C24H31N3O4/c1-4-5-11-20(23(29)26-18-13-8-10-16(18)15(2)28)27-24(30)21-14-22(31-3)17-9-6-7-12-19(17)25-21/h6-7,9,12,14,16,18,20H,4-5,8,10-11,13H2,1-3H3,(H,26,29)(H,27,30)/t16-,18-,20-/m0/s1. The van der Waals surface area contributed by atoms with E-state index in [1.54, 1.807) is 20.1 Å². The van der Waals surface area contributed by atoms with E-state index in [0.717, 1.165) is 37.5 Å². The third-order valence-electron chi connectivity index (χ3n) is 5.96. The Morgan fingerprint density at radius 2 is 2.00 bits per heavy atom. The van der Waals surface area contributed by atoms with Crippen molar-refractivity contribution in [3.05, 3.63) is 36.0 Å². The van der Waals surface area contributed by atoms with E-state index in [1.807, 2.05) is 31.2 Å². The van der Waals surface area contributed by atoms with Crippen molar-refractivity contribution in [3.8, 4) is 5.75 Å². The molecule has 2 N–H and O–H groups in total. The molecule has 7 heteroatoms. The molecule has 0 radical (unpaired) electrons. The largest absolute Gasteiger partial charge is 0.496 e. The van der Waals surface area contributed by atoms with Gasteiger partial charge in [0.1, 0.15) is 23.3 Å². The number of ether oxygens (including phenoxy) is 1. The smallest absolute Gasteiger partial charge is 0.270 e. The Balaban J connectivity index is 1.77. The fourth-order valence-corrected chi connectivity index (χ4v) is 4.24. The van der Waals surface area contributed by atoms with E-state index in [-0.39, 0.29) is 29.3 Å². The number of methoxy groups -OCH3 is 1. The molecule has 1 saturated carbocycles. The van der Waals surface area contributed by atoms with Crippen molar-refractivity contribution in [1.82, 2.24) is 15.6 Å². The Labute approximate surface area is 182 Å². The van der Waals surface area contributed by atoms with Gasteiger partial charge in [0.05, 0.1) is 12.6 Å². The van der Waals surface area contributed by atoms with E-state index in [9.17, 15) is 14.4 Å². The minimum absolute atomic E-state index is 0.101. The normalized spacial score (nSPS) is 19.1. The van der Waals surface area contributed by atoms with Gasteiger partial charge in [-0.25, -0.2) is 4.98 Å². The van der Waals surface area contributed by atoms with Gasteiger partial charge in [0, 0.05) is 23.4 Å². The van der Waals surface area contributed by atoms with Crippen LogP contribution in [0.15, 0.2) is 30.3 Å². The number of para-hydroxylation sites is 1. The molecular weight excluding hydrogens is 394 g/mol. The summed E-state index contributed by atoms with van der Waals surface area (Å²) < 4.78 is 5.43. The third kappa shape index (κ3) is 5.40. The summed E-state index contributed by atoms with van der Waals surface area (Å²) in [5.74, 6) is -0.148. The van der Waals surface area contributed by atoms with E-state index in [0.29, 0.717) is 17.7 Å². The maximum absolute atomic E-state index is 13.0. The van der Waals surface area contributed by atoms with Gasteiger partial charge < -0.3 is 15.4 Å². The number of Topliss-reactive ketones (excluding diaryl/α,β-unsaturated/α-hetero) is 1. The molecule has 0 spiro atoms. The highest BCUT2D eigenvalue weighted by molar-refractivity contribution is 5.99. The number of amides is 2. The van der Waals surface area contributed by atoms with Crippen LogP contribution < -0.4 is 15.4 Å². The van der Waals surface area contributed by atoms with Crippen LogP contribution in [0.1, 0.15) is 62.9 Å². The van der Waals surface area contributed by atoms with Crippen LogP contribution >= 0.6 is 0 Å². The molecule has 1 aromatic heterocycles. The van der Waals surface area contributed by atoms with Gasteiger partial charge in [0.2, 0.25) is 5.91 Å². The number of unbranched alkanes of at least 4 members (excludes halogenated alkanes) is 1. The van der Waals surface area contributed by atoms with Crippen molar-refractivity contribution in [1.29, 1.82) is 0 Å². The second kappa shape index (κ2) is 10.4. The van der Waals surface area contributed by atoms with Gasteiger partial charge >= 0.3 is 0 Å². The van der Waals surface area contributed by atoms with Crippen LogP contribution in [0.5, 0.6) is 5.75 Å². The Morgan fingerprint density at radius 1 is 1.23 bits per heavy atom. The molecule has 1 aliphatic rings. The monoisotopic (exact) mass is 425 g/mol. The first-order chi connectivity index (χ1) is 14.9. The molecule has 3 rings (SSSR count). The minimum Gasteiger partial charge on any atom is -0.496 e. The van der Waals surface area contributed by atoms with E-state index in [4.69, 9.17) is 4.74 Å². The highest BCUT2D eigenvalue weighted by atomic mass is 16.5. The highest BCUT2D eigenvalue weighted by Gasteiger charge is 2.33. The van der Waals surface area contributed by atoms with Gasteiger partial charge in [-0.15, -0.1) is 0 Å². The lowest BCUT2D eigenvalue weighted by atomic mass is 9.98. The number of hydrogen-bond acceptors (Lipinski definition) is 5. The average molecular weight is 426 g/mol. The first kappa shape index (κ1) is 22.7. The molecule has 1 heterocycles. The van der Waals surface area contributed by atoms with Crippen LogP contribution in [0.2, 0.25) is 0 Å². The zero-order valence-electron chi connectivity index (χ0n) is 18.4. The van der Waals surface area contributed by atoms with E-state index >= 15 is 0 Å². The molecule has 2 aromatic rings. The summed E-state index contributed by atoms with van der Waals surface area (Å²) >= 11 is 0. The Bertz CT molecular complexity index is 959. The summed E-state index contributed by atoms with van der Waals surface area (Å²) in [6.07, 6.45) is 4.73. The van der Waals surface area contributed by atoms with Crippen molar-refractivity contribution >= 4 is 28.5 Å². The predicted octanol–water partition coefficient (Wildman–Crippen LogP) is 3.41. The average Bonchev–Trinajstić information content (AvgIpc) is 3.23.